The van der Waals surface area contributed by atoms with Crippen molar-refractivity contribution in [2.24, 2.45) is 5.92 Å². The van der Waals surface area contributed by atoms with E-state index in [2.05, 4.69) is 0 Å². The van der Waals surface area contributed by atoms with Crippen LogP contribution in [0.1, 0.15) is 37.3 Å². The second-order valence-electron chi connectivity index (χ2n) is 7.73. The van der Waals surface area contributed by atoms with E-state index in [0.717, 1.165) is 18.4 Å². The molecule has 2 amide bonds. The zero-order valence-corrected chi connectivity index (χ0v) is 14.8. The van der Waals surface area contributed by atoms with E-state index in [1.165, 1.54) is 0 Å². The van der Waals surface area contributed by atoms with E-state index < -0.39 is 5.72 Å². The summed E-state index contributed by atoms with van der Waals surface area (Å²) in [7, 11) is 0. The van der Waals surface area contributed by atoms with Crippen LogP contribution in [0.4, 0.5) is 0 Å². The molecule has 0 aromatic heterocycles. The first-order valence-corrected chi connectivity index (χ1v) is 9.60. The molecule has 6 nitrogen and oxygen atoms in total. The molecule has 0 radical (unpaired) electrons. The Hall–Kier alpha value is -1.92. The lowest BCUT2D eigenvalue weighted by Crippen LogP contribution is -2.50. The van der Waals surface area contributed by atoms with Gasteiger partial charge < -0.3 is 19.3 Å². The first-order chi connectivity index (χ1) is 12.7. The molecule has 138 valence electrons. The highest BCUT2D eigenvalue weighted by Gasteiger charge is 2.65. The van der Waals surface area contributed by atoms with Gasteiger partial charge in [-0.25, -0.2) is 0 Å². The number of nitrogens with zero attached hydrogens (tertiary/aromatic N) is 2. The van der Waals surface area contributed by atoms with Gasteiger partial charge in [-0.05, 0) is 18.4 Å². The Morgan fingerprint density at radius 3 is 2.69 bits per heavy atom. The maximum atomic E-state index is 13.1. The van der Waals surface area contributed by atoms with Crippen molar-refractivity contribution in [3.05, 3.63) is 35.9 Å². The van der Waals surface area contributed by atoms with Crippen LogP contribution < -0.4 is 0 Å². The van der Waals surface area contributed by atoms with Crippen molar-refractivity contribution in [3.8, 4) is 0 Å². The Morgan fingerprint density at radius 2 is 1.92 bits per heavy atom. The molecule has 6 heteroatoms. The van der Waals surface area contributed by atoms with Crippen molar-refractivity contribution in [1.82, 2.24) is 9.80 Å². The molecule has 5 rings (SSSR count). The third-order valence-electron chi connectivity index (χ3n) is 6.49. The third-order valence-corrected chi connectivity index (χ3v) is 6.49. The van der Waals surface area contributed by atoms with E-state index in [4.69, 9.17) is 9.47 Å². The van der Waals surface area contributed by atoms with Crippen LogP contribution in [0.25, 0.3) is 0 Å². The van der Waals surface area contributed by atoms with Crippen LogP contribution >= 0.6 is 0 Å². The molecule has 1 aromatic carbocycles. The minimum absolute atomic E-state index is 0.0226. The molecular formula is C20H24N2O4. The maximum Gasteiger partial charge on any atom is 0.227 e. The fraction of sp³-hybridized carbons (Fsp3) is 0.600. The second kappa shape index (κ2) is 6.06. The number of benzene rings is 1. The number of amides is 2. The predicted octanol–water partition coefficient (Wildman–Crippen LogP) is 1.71. The molecule has 4 aliphatic rings. The van der Waals surface area contributed by atoms with Gasteiger partial charge in [-0.15, -0.1) is 0 Å². The van der Waals surface area contributed by atoms with Gasteiger partial charge in [0.2, 0.25) is 11.8 Å². The molecule has 1 spiro atoms. The fourth-order valence-electron chi connectivity index (χ4n) is 5.21. The highest BCUT2D eigenvalue weighted by molar-refractivity contribution is 5.86. The first-order valence-electron chi connectivity index (χ1n) is 9.60. The lowest BCUT2D eigenvalue weighted by molar-refractivity contribution is -0.145. The Labute approximate surface area is 153 Å². The summed E-state index contributed by atoms with van der Waals surface area (Å²) in [5.41, 5.74) is 0.478. The molecule has 4 heterocycles. The van der Waals surface area contributed by atoms with Crippen LogP contribution in [0.15, 0.2) is 30.3 Å². The van der Waals surface area contributed by atoms with Gasteiger partial charge in [0.15, 0.2) is 5.72 Å². The van der Waals surface area contributed by atoms with Crippen molar-refractivity contribution >= 4 is 11.8 Å². The molecule has 4 fully saturated rings. The summed E-state index contributed by atoms with van der Waals surface area (Å²) < 4.78 is 11.7. The maximum absolute atomic E-state index is 13.1. The number of hydrogen-bond donors (Lipinski definition) is 0. The SMILES string of the molecule is O=C(C1CCOCC1)N1CC[C@@]23OC[C@@H](c4ccccc4)N2C(=O)C[C@@H]13. The number of carbonyl (C=O) groups is 2. The minimum Gasteiger partial charge on any atom is -0.381 e. The van der Waals surface area contributed by atoms with Crippen molar-refractivity contribution < 1.29 is 19.1 Å². The number of hydrogen-bond acceptors (Lipinski definition) is 4. The Bertz CT molecular complexity index is 718. The number of rotatable bonds is 2. The molecule has 1 aromatic rings. The Kier molecular flexibility index (Phi) is 3.79. The highest BCUT2D eigenvalue weighted by atomic mass is 16.5. The molecule has 0 N–H and O–H groups in total. The summed E-state index contributed by atoms with van der Waals surface area (Å²) in [6.45, 7) is 2.48. The highest BCUT2D eigenvalue weighted by Crippen LogP contribution is 2.51. The van der Waals surface area contributed by atoms with Gasteiger partial charge in [0.1, 0.15) is 0 Å². The summed E-state index contributed by atoms with van der Waals surface area (Å²) in [6.07, 6.45) is 2.64. The number of likely N-dealkylation sites (tertiary alicyclic amines) is 1. The standard InChI is InChI=1S/C20H24N2O4/c23-18-12-17-20(8-9-21(17)19(24)15-6-10-25-11-7-15)22(18)16(13-26-20)14-4-2-1-3-5-14/h1-5,15-17H,6-13H2/t16-,17+,20-/m0/s1. The average molecular weight is 356 g/mol. The van der Waals surface area contributed by atoms with Crippen molar-refractivity contribution in [3.63, 3.8) is 0 Å². The van der Waals surface area contributed by atoms with Crippen LogP contribution in [0.5, 0.6) is 0 Å². The van der Waals surface area contributed by atoms with Crippen LogP contribution in [-0.2, 0) is 19.1 Å². The van der Waals surface area contributed by atoms with E-state index in [-0.39, 0.29) is 29.8 Å². The largest absolute Gasteiger partial charge is 0.381 e. The van der Waals surface area contributed by atoms with Crippen molar-refractivity contribution in [2.75, 3.05) is 26.4 Å². The van der Waals surface area contributed by atoms with Gasteiger partial charge in [0, 0.05) is 32.1 Å². The van der Waals surface area contributed by atoms with E-state index >= 15 is 0 Å². The van der Waals surface area contributed by atoms with E-state index in [9.17, 15) is 9.59 Å². The molecule has 0 unspecified atom stereocenters. The lowest BCUT2D eigenvalue weighted by Gasteiger charge is -2.34. The summed E-state index contributed by atoms with van der Waals surface area (Å²) in [4.78, 5) is 29.8. The monoisotopic (exact) mass is 356 g/mol. The minimum atomic E-state index is -0.627. The second-order valence-corrected chi connectivity index (χ2v) is 7.73. The molecular weight excluding hydrogens is 332 g/mol. The Morgan fingerprint density at radius 1 is 1.15 bits per heavy atom. The molecule has 4 saturated heterocycles. The van der Waals surface area contributed by atoms with Gasteiger partial charge in [-0.2, -0.15) is 0 Å². The zero-order chi connectivity index (χ0) is 17.7. The Balaban J connectivity index is 1.41. The van der Waals surface area contributed by atoms with Crippen molar-refractivity contribution in [1.29, 1.82) is 0 Å². The van der Waals surface area contributed by atoms with Gasteiger partial charge in [-0.3, -0.25) is 9.59 Å². The van der Waals surface area contributed by atoms with E-state index in [1.807, 2.05) is 40.1 Å². The van der Waals surface area contributed by atoms with Gasteiger partial charge in [0.05, 0.1) is 25.1 Å². The van der Waals surface area contributed by atoms with Crippen LogP contribution in [0.3, 0.4) is 0 Å². The van der Waals surface area contributed by atoms with Gasteiger partial charge in [0.25, 0.3) is 0 Å². The van der Waals surface area contributed by atoms with Gasteiger partial charge >= 0.3 is 0 Å². The van der Waals surface area contributed by atoms with Crippen LogP contribution in [0.2, 0.25) is 0 Å². The zero-order valence-electron chi connectivity index (χ0n) is 14.8. The van der Waals surface area contributed by atoms with Crippen LogP contribution in [-0.4, -0.2) is 59.7 Å². The summed E-state index contributed by atoms with van der Waals surface area (Å²) >= 11 is 0. The molecule has 0 aliphatic carbocycles. The normalized spacial score (nSPS) is 34.2. The van der Waals surface area contributed by atoms with Crippen molar-refractivity contribution in [2.45, 2.75) is 43.5 Å². The summed E-state index contributed by atoms with van der Waals surface area (Å²) in [5.74, 6) is 0.303. The average Bonchev–Trinajstić information content (AvgIpc) is 3.32. The molecule has 26 heavy (non-hydrogen) atoms. The first kappa shape index (κ1) is 16.3. The third kappa shape index (κ3) is 2.25. The molecule has 4 aliphatic heterocycles. The van der Waals surface area contributed by atoms with E-state index in [0.29, 0.717) is 39.2 Å². The van der Waals surface area contributed by atoms with E-state index in [1.54, 1.807) is 0 Å². The topological polar surface area (TPSA) is 59.1 Å². The molecule has 0 saturated carbocycles. The van der Waals surface area contributed by atoms with Gasteiger partial charge in [-0.1, -0.05) is 30.3 Å². The smallest absolute Gasteiger partial charge is 0.227 e. The number of carbonyl (C=O) groups excluding carboxylic acids is 2. The summed E-state index contributed by atoms with van der Waals surface area (Å²) in [5, 5.41) is 0. The lowest BCUT2D eigenvalue weighted by atomic mass is 9.97. The van der Waals surface area contributed by atoms with Crippen LogP contribution in [0, 0.1) is 5.92 Å². The predicted molar refractivity (Wildman–Crippen MR) is 93.0 cm³/mol. The fourth-order valence-corrected chi connectivity index (χ4v) is 5.21. The quantitative estimate of drug-likeness (QED) is 0.810. The molecule has 3 atom stereocenters. The summed E-state index contributed by atoms with van der Waals surface area (Å²) in [6, 6.07) is 9.86. The molecule has 0 bridgehead atoms. The number of ether oxygens (including phenoxy) is 2.